The molecule has 2 N–H and O–H groups in total. The summed E-state index contributed by atoms with van der Waals surface area (Å²) in [5, 5.41) is 12.8. The smallest absolute Gasteiger partial charge is 0.125 e. The van der Waals surface area contributed by atoms with Gasteiger partial charge in [-0.1, -0.05) is 6.07 Å². The zero-order valence-corrected chi connectivity index (χ0v) is 9.40. The molecular formula is C13H15NO2. The molecule has 16 heavy (non-hydrogen) atoms. The van der Waals surface area contributed by atoms with Crippen molar-refractivity contribution < 1.29 is 9.52 Å². The van der Waals surface area contributed by atoms with Gasteiger partial charge in [-0.15, -0.1) is 0 Å². The third-order valence-corrected chi connectivity index (χ3v) is 2.56. The Morgan fingerprint density at radius 1 is 1.31 bits per heavy atom. The molecule has 3 heteroatoms. The maximum absolute atomic E-state index is 9.58. The van der Waals surface area contributed by atoms with Gasteiger partial charge in [-0.05, 0) is 37.6 Å². The number of anilines is 1. The fraction of sp³-hybridized carbons (Fsp3) is 0.231. The van der Waals surface area contributed by atoms with Gasteiger partial charge in [-0.25, -0.2) is 0 Å². The third-order valence-electron chi connectivity index (χ3n) is 2.56. The standard InChI is InChI=1S/C13H15NO2/c1-9-5-6-11(8-12(9)15)14-10(2)13-4-3-7-16-13/h3-8,10,14-15H,1-2H3. The van der Waals surface area contributed by atoms with Gasteiger partial charge in [-0.2, -0.15) is 0 Å². The molecule has 0 radical (unpaired) electrons. The summed E-state index contributed by atoms with van der Waals surface area (Å²) in [6, 6.07) is 9.40. The van der Waals surface area contributed by atoms with Crippen LogP contribution < -0.4 is 5.32 Å². The van der Waals surface area contributed by atoms with Crippen LogP contribution in [0, 0.1) is 6.92 Å². The average molecular weight is 217 g/mol. The summed E-state index contributed by atoms with van der Waals surface area (Å²) in [5.41, 5.74) is 1.75. The number of aromatic hydroxyl groups is 1. The van der Waals surface area contributed by atoms with Gasteiger partial charge in [0.15, 0.2) is 0 Å². The normalized spacial score (nSPS) is 12.4. The number of phenols is 1. The molecule has 1 atom stereocenters. The Morgan fingerprint density at radius 3 is 2.75 bits per heavy atom. The summed E-state index contributed by atoms with van der Waals surface area (Å²) in [4.78, 5) is 0. The van der Waals surface area contributed by atoms with Crippen molar-refractivity contribution in [3.8, 4) is 5.75 Å². The number of aryl methyl sites for hydroxylation is 1. The number of rotatable bonds is 3. The first-order valence-electron chi connectivity index (χ1n) is 5.26. The predicted molar refractivity (Wildman–Crippen MR) is 63.6 cm³/mol. The van der Waals surface area contributed by atoms with E-state index in [0.29, 0.717) is 5.75 Å². The minimum absolute atomic E-state index is 0.0807. The van der Waals surface area contributed by atoms with E-state index < -0.39 is 0 Å². The Bertz CT molecular complexity index is 463. The van der Waals surface area contributed by atoms with E-state index >= 15 is 0 Å². The van der Waals surface area contributed by atoms with Crippen LogP contribution in [0.25, 0.3) is 0 Å². The fourth-order valence-electron chi connectivity index (χ4n) is 1.56. The van der Waals surface area contributed by atoms with E-state index in [1.54, 1.807) is 12.3 Å². The minimum Gasteiger partial charge on any atom is -0.508 e. The number of nitrogens with one attached hydrogen (secondary N) is 1. The molecule has 0 saturated heterocycles. The highest BCUT2D eigenvalue weighted by Gasteiger charge is 2.08. The Labute approximate surface area is 94.7 Å². The Morgan fingerprint density at radius 2 is 2.12 bits per heavy atom. The Kier molecular flexibility index (Phi) is 2.86. The van der Waals surface area contributed by atoms with E-state index in [9.17, 15) is 5.11 Å². The van der Waals surface area contributed by atoms with Crippen LogP contribution in [0.2, 0.25) is 0 Å². The second-order valence-electron chi connectivity index (χ2n) is 3.88. The van der Waals surface area contributed by atoms with Gasteiger partial charge < -0.3 is 14.8 Å². The summed E-state index contributed by atoms with van der Waals surface area (Å²) in [7, 11) is 0. The van der Waals surface area contributed by atoms with Gasteiger partial charge in [0.05, 0.1) is 12.3 Å². The molecule has 1 aromatic heterocycles. The lowest BCUT2D eigenvalue weighted by Crippen LogP contribution is -2.05. The van der Waals surface area contributed by atoms with E-state index in [1.807, 2.05) is 38.1 Å². The summed E-state index contributed by atoms with van der Waals surface area (Å²) in [6.45, 7) is 3.88. The Hall–Kier alpha value is -1.90. The first-order chi connectivity index (χ1) is 7.66. The second kappa shape index (κ2) is 4.31. The zero-order chi connectivity index (χ0) is 11.5. The number of furan rings is 1. The molecule has 2 aromatic rings. The van der Waals surface area contributed by atoms with Crippen LogP contribution in [0.3, 0.4) is 0 Å². The lowest BCUT2D eigenvalue weighted by atomic mass is 10.2. The molecule has 1 aromatic carbocycles. The molecule has 0 aliphatic heterocycles. The van der Waals surface area contributed by atoms with Crippen molar-refractivity contribution in [2.75, 3.05) is 5.32 Å². The number of hydrogen-bond acceptors (Lipinski definition) is 3. The highest BCUT2D eigenvalue weighted by Crippen LogP contribution is 2.24. The Balaban J connectivity index is 2.12. The summed E-state index contributed by atoms with van der Waals surface area (Å²) >= 11 is 0. The van der Waals surface area contributed by atoms with Crippen LogP contribution >= 0.6 is 0 Å². The molecule has 0 amide bonds. The SMILES string of the molecule is Cc1ccc(NC(C)c2ccco2)cc1O. The van der Waals surface area contributed by atoms with Crippen molar-refractivity contribution in [2.24, 2.45) is 0 Å². The van der Waals surface area contributed by atoms with Gasteiger partial charge in [0, 0.05) is 11.8 Å². The highest BCUT2D eigenvalue weighted by molar-refractivity contribution is 5.51. The lowest BCUT2D eigenvalue weighted by Gasteiger charge is -2.13. The fourth-order valence-corrected chi connectivity index (χ4v) is 1.56. The summed E-state index contributed by atoms with van der Waals surface area (Å²) in [5.74, 6) is 1.18. The molecule has 0 fully saturated rings. The molecule has 0 spiro atoms. The summed E-state index contributed by atoms with van der Waals surface area (Å²) in [6.07, 6.45) is 1.65. The molecule has 1 heterocycles. The number of hydrogen-bond donors (Lipinski definition) is 2. The second-order valence-corrected chi connectivity index (χ2v) is 3.88. The average Bonchev–Trinajstić information content (AvgIpc) is 2.77. The van der Waals surface area contributed by atoms with Crippen molar-refractivity contribution in [1.29, 1.82) is 0 Å². The van der Waals surface area contributed by atoms with Crippen LogP contribution in [-0.4, -0.2) is 5.11 Å². The van der Waals surface area contributed by atoms with Crippen LogP contribution in [0.4, 0.5) is 5.69 Å². The monoisotopic (exact) mass is 217 g/mol. The topological polar surface area (TPSA) is 45.4 Å². The molecule has 0 bridgehead atoms. The van der Waals surface area contributed by atoms with Gasteiger partial charge >= 0.3 is 0 Å². The molecule has 1 unspecified atom stereocenters. The van der Waals surface area contributed by atoms with Gasteiger partial charge in [0.25, 0.3) is 0 Å². The van der Waals surface area contributed by atoms with Gasteiger partial charge in [0.2, 0.25) is 0 Å². The van der Waals surface area contributed by atoms with E-state index in [2.05, 4.69) is 5.32 Å². The van der Waals surface area contributed by atoms with E-state index in [1.165, 1.54) is 0 Å². The molecular weight excluding hydrogens is 202 g/mol. The van der Waals surface area contributed by atoms with Crippen LogP contribution in [0.15, 0.2) is 41.0 Å². The molecule has 2 rings (SSSR count). The van der Waals surface area contributed by atoms with Crippen molar-refractivity contribution in [3.63, 3.8) is 0 Å². The first kappa shape index (κ1) is 10.6. The minimum atomic E-state index is 0.0807. The molecule has 0 saturated carbocycles. The van der Waals surface area contributed by atoms with E-state index in [-0.39, 0.29) is 6.04 Å². The molecule has 84 valence electrons. The van der Waals surface area contributed by atoms with E-state index in [4.69, 9.17) is 4.42 Å². The largest absolute Gasteiger partial charge is 0.508 e. The summed E-state index contributed by atoms with van der Waals surface area (Å²) < 4.78 is 5.30. The molecule has 0 aliphatic rings. The van der Waals surface area contributed by atoms with E-state index in [0.717, 1.165) is 17.0 Å². The van der Waals surface area contributed by atoms with Crippen LogP contribution in [0.5, 0.6) is 5.75 Å². The lowest BCUT2D eigenvalue weighted by molar-refractivity contribution is 0.470. The van der Waals surface area contributed by atoms with Gasteiger partial charge in [0.1, 0.15) is 11.5 Å². The van der Waals surface area contributed by atoms with Gasteiger partial charge in [-0.3, -0.25) is 0 Å². The quantitative estimate of drug-likeness (QED) is 0.827. The van der Waals surface area contributed by atoms with Crippen LogP contribution in [-0.2, 0) is 0 Å². The predicted octanol–water partition coefficient (Wildman–Crippen LogP) is 3.47. The van der Waals surface area contributed by atoms with Crippen molar-refractivity contribution >= 4 is 5.69 Å². The molecule has 0 aliphatic carbocycles. The van der Waals surface area contributed by atoms with Crippen molar-refractivity contribution in [1.82, 2.24) is 0 Å². The number of benzene rings is 1. The van der Waals surface area contributed by atoms with Crippen molar-refractivity contribution in [2.45, 2.75) is 19.9 Å². The number of phenolic OH excluding ortho intramolecular Hbond substituents is 1. The maximum atomic E-state index is 9.58. The highest BCUT2D eigenvalue weighted by atomic mass is 16.3. The maximum Gasteiger partial charge on any atom is 0.125 e. The van der Waals surface area contributed by atoms with Crippen LogP contribution in [0.1, 0.15) is 24.3 Å². The third kappa shape index (κ3) is 2.19. The zero-order valence-electron chi connectivity index (χ0n) is 9.40. The van der Waals surface area contributed by atoms with Crippen molar-refractivity contribution in [3.05, 3.63) is 47.9 Å². The molecule has 3 nitrogen and oxygen atoms in total. The first-order valence-corrected chi connectivity index (χ1v) is 5.26.